The molecule has 21 heavy (non-hydrogen) atoms. The molecular weight excluding hydrogens is 264 g/mol. The monoisotopic (exact) mass is 280 g/mol. The molecule has 0 saturated carbocycles. The number of amides is 2. The van der Waals surface area contributed by atoms with Gasteiger partial charge in [-0.15, -0.1) is 0 Å². The zero-order chi connectivity index (χ0) is 15.1. The van der Waals surface area contributed by atoms with Gasteiger partial charge in [-0.05, 0) is 36.8 Å². The first-order valence-electron chi connectivity index (χ1n) is 6.52. The average Bonchev–Trinajstić information content (AvgIpc) is 2.48. The second-order valence-corrected chi connectivity index (χ2v) is 4.45. The van der Waals surface area contributed by atoms with Crippen molar-refractivity contribution < 1.29 is 9.90 Å². The molecule has 4 nitrogen and oxygen atoms in total. The number of aryl methyl sites for hydroxylation is 1. The van der Waals surface area contributed by atoms with Crippen LogP contribution in [0.5, 0.6) is 0 Å². The Bertz CT molecular complexity index is 685. The van der Waals surface area contributed by atoms with Crippen molar-refractivity contribution in [1.82, 2.24) is 0 Å². The Hall–Kier alpha value is -2.77. The van der Waals surface area contributed by atoms with Crippen LogP contribution >= 0.6 is 0 Å². The number of urea groups is 1. The molecule has 2 rings (SSSR count). The standard InChI is InChI=1S/C17H16N2O2/c1-13-9-10-16(14(12-13)6-5-11-20)19-17(21)18-15-7-3-2-4-8-15/h2-4,7-10,12,20H,11H2,1H3,(H2,18,19,21). The van der Waals surface area contributed by atoms with Crippen LogP contribution in [0, 0.1) is 18.8 Å². The lowest BCUT2D eigenvalue weighted by atomic mass is 10.1. The van der Waals surface area contributed by atoms with Crippen molar-refractivity contribution in [3.63, 3.8) is 0 Å². The molecule has 0 aliphatic carbocycles. The van der Waals surface area contributed by atoms with Crippen LogP contribution in [-0.4, -0.2) is 17.7 Å². The Morgan fingerprint density at radius 2 is 1.90 bits per heavy atom. The second-order valence-electron chi connectivity index (χ2n) is 4.45. The largest absolute Gasteiger partial charge is 0.384 e. The fourth-order valence-corrected chi connectivity index (χ4v) is 1.81. The Morgan fingerprint density at radius 3 is 2.62 bits per heavy atom. The highest BCUT2D eigenvalue weighted by atomic mass is 16.2. The van der Waals surface area contributed by atoms with Crippen molar-refractivity contribution in [2.45, 2.75) is 6.92 Å². The summed E-state index contributed by atoms with van der Waals surface area (Å²) in [5, 5.41) is 14.3. The normalized spacial score (nSPS) is 9.43. The highest BCUT2D eigenvalue weighted by Gasteiger charge is 2.06. The lowest BCUT2D eigenvalue weighted by molar-refractivity contribution is 0.262. The number of rotatable bonds is 2. The summed E-state index contributed by atoms with van der Waals surface area (Å²) in [5.41, 5.74) is 3.03. The van der Waals surface area contributed by atoms with E-state index >= 15 is 0 Å². The minimum absolute atomic E-state index is 0.219. The third-order valence-electron chi connectivity index (χ3n) is 2.76. The highest BCUT2D eigenvalue weighted by molar-refractivity contribution is 6.00. The van der Waals surface area contributed by atoms with Crippen LogP contribution in [0.4, 0.5) is 16.2 Å². The first kappa shape index (κ1) is 14.6. The number of aliphatic hydroxyl groups is 1. The molecule has 106 valence electrons. The average molecular weight is 280 g/mol. The van der Waals surface area contributed by atoms with E-state index in [0.29, 0.717) is 16.9 Å². The van der Waals surface area contributed by atoms with Gasteiger partial charge in [-0.2, -0.15) is 0 Å². The maximum atomic E-state index is 12.0. The van der Waals surface area contributed by atoms with Crippen LogP contribution in [-0.2, 0) is 0 Å². The van der Waals surface area contributed by atoms with E-state index in [9.17, 15) is 4.79 Å². The predicted octanol–water partition coefficient (Wildman–Crippen LogP) is 2.98. The van der Waals surface area contributed by atoms with Crippen LogP contribution in [0.15, 0.2) is 48.5 Å². The molecule has 0 aliphatic heterocycles. The molecule has 0 radical (unpaired) electrons. The van der Waals surface area contributed by atoms with Gasteiger partial charge < -0.3 is 15.7 Å². The van der Waals surface area contributed by atoms with Crippen molar-refractivity contribution in [3.8, 4) is 11.8 Å². The van der Waals surface area contributed by atoms with Gasteiger partial charge in [0.05, 0.1) is 5.69 Å². The summed E-state index contributed by atoms with van der Waals surface area (Å²) in [7, 11) is 0. The van der Waals surface area contributed by atoms with E-state index in [-0.39, 0.29) is 12.6 Å². The molecule has 0 aromatic heterocycles. The van der Waals surface area contributed by atoms with Crippen LogP contribution in [0.25, 0.3) is 0 Å². The molecule has 0 spiro atoms. The number of para-hydroxylation sites is 1. The van der Waals surface area contributed by atoms with Gasteiger partial charge in [0.1, 0.15) is 6.61 Å². The molecule has 2 aromatic rings. The van der Waals surface area contributed by atoms with E-state index in [2.05, 4.69) is 22.5 Å². The number of anilines is 2. The van der Waals surface area contributed by atoms with E-state index in [1.165, 1.54) is 0 Å². The zero-order valence-electron chi connectivity index (χ0n) is 11.7. The van der Waals surface area contributed by atoms with Crippen molar-refractivity contribution >= 4 is 17.4 Å². The summed E-state index contributed by atoms with van der Waals surface area (Å²) >= 11 is 0. The third-order valence-corrected chi connectivity index (χ3v) is 2.76. The molecule has 0 heterocycles. The van der Waals surface area contributed by atoms with Gasteiger partial charge in [0, 0.05) is 11.3 Å². The van der Waals surface area contributed by atoms with Crippen molar-refractivity contribution in [2.24, 2.45) is 0 Å². The first-order chi connectivity index (χ1) is 10.2. The molecule has 0 saturated heterocycles. The van der Waals surface area contributed by atoms with Gasteiger partial charge in [-0.1, -0.05) is 36.1 Å². The topological polar surface area (TPSA) is 61.4 Å². The summed E-state index contributed by atoms with van der Waals surface area (Å²) in [4.78, 5) is 12.0. The van der Waals surface area contributed by atoms with Gasteiger partial charge in [0.15, 0.2) is 0 Å². The zero-order valence-corrected chi connectivity index (χ0v) is 11.7. The summed E-state index contributed by atoms with van der Waals surface area (Å²) in [5.74, 6) is 5.42. The maximum absolute atomic E-state index is 12.0. The van der Waals surface area contributed by atoms with Gasteiger partial charge in [0.2, 0.25) is 0 Å². The van der Waals surface area contributed by atoms with E-state index in [4.69, 9.17) is 5.11 Å². The predicted molar refractivity (Wildman–Crippen MR) is 84.2 cm³/mol. The lowest BCUT2D eigenvalue weighted by Gasteiger charge is -2.10. The number of carbonyl (C=O) groups is 1. The summed E-state index contributed by atoms with van der Waals surface area (Å²) < 4.78 is 0. The van der Waals surface area contributed by atoms with E-state index in [0.717, 1.165) is 5.56 Å². The SMILES string of the molecule is Cc1ccc(NC(=O)Nc2ccccc2)c(C#CCO)c1. The molecule has 4 heteroatoms. The molecule has 0 aliphatic rings. The number of hydrogen-bond donors (Lipinski definition) is 3. The molecule has 0 bridgehead atoms. The van der Waals surface area contributed by atoms with Crippen LogP contribution in [0.3, 0.4) is 0 Å². The van der Waals surface area contributed by atoms with Gasteiger partial charge in [-0.25, -0.2) is 4.79 Å². The quantitative estimate of drug-likeness (QED) is 0.741. The van der Waals surface area contributed by atoms with Crippen molar-refractivity contribution in [2.75, 3.05) is 17.2 Å². The van der Waals surface area contributed by atoms with Crippen LogP contribution in [0.2, 0.25) is 0 Å². The van der Waals surface area contributed by atoms with Crippen LogP contribution < -0.4 is 10.6 Å². The second kappa shape index (κ2) is 7.13. The fourth-order valence-electron chi connectivity index (χ4n) is 1.81. The number of benzene rings is 2. The minimum Gasteiger partial charge on any atom is -0.384 e. The van der Waals surface area contributed by atoms with Crippen molar-refractivity contribution in [1.29, 1.82) is 0 Å². The number of nitrogens with one attached hydrogen (secondary N) is 2. The lowest BCUT2D eigenvalue weighted by Crippen LogP contribution is -2.20. The molecule has 0 unspecified atom stereocenters. The van der Waals surface area contributed by atoms with E-state index in [1.54, 1.807) is 18.2 Å². The van der Waals surface area contributed by atoms with Crippen LogP contribution in [0.1, 0.15) is 11.1 Å². The first-order valence-corrected chi connectivity index (χ1v) is 6.52. The molecule has 2 aromatic carbocycles. The Morgan fingerprint density at radius 1 is 1.14 bits per heavy atom. The van der Waals surface area contributed by atoms with Gasteiger partial charge >= 0.3 is 6.03 Å². The van der Waals surface area contributed by atoms with Crippen molar-refractivity contribution in [3.05, 3.63) is 59.7 Å². The smallest absolute Gasteiger partial charge is 0.323 e. The number of carbonyl (C=O) groups excluding carboxylic acids is 1. The summed E-state index contributed by atoms with van der Waals surface area (Å²) in [6.07, 6.45) is 0. The Balaban J connectivity index is 2.13. The third kappa shape index (κ3) is 4.37. The van der Waals surface area contributed by atoms with Gasteiger partial charge in [-0.3, -0.25) is 0 Å². The Labute approximate surface area is 123 Å². The molecule has 2 amide bonds. The van der Waals surface area contributed by atoms with Gasteiger partial charge in [0.25, 0.3) is 0 Å². The maximum Gasteiger partial charge on any atom is 0.323 e. The highest BCUT2D eigenvalue weighted by Crippen LogP contribution is 2.17. The summed E-state index contributed by atoms with van der Waals surface area (Å²) in [6, 6.07) is 14.4. The molecule has 3 N–H and O–H groups in total. The Kier molecular flexibility index (Phi) is 4.97. The van der Waals surface area contributed by atoms with E-state index < -0.39 is 0 Å². The molecular formula is C17H16N2O2. The van der Waals surface area contributed by atoms with E-state index in [1.807, 2.05) is 37.3 Å². The minimum atomic E-state index is -0.336. The molecule has 0 atom stereocenters. The number of aliphatic hydroxyl groups excluding tert-OH is 1. The fraction of sp³-hybridized carbons (Fsp3) is 0.118. The summed E-state index contributed by atoms with van der Waals surface area (Å²) in [6.45, 7) is 1.72. The number of hydrogen-bond acceptors (Lipinski definition) is 2. The molecule has 0 fully saturated rings.